The van der Waals surface area contributed by atoms with Gasteiger partial charge < -0.3 is 14.2 Å². The smallest absolute Gasteiger partial charge is 0.232 e. The van der Waals surface area contributed by atoms with Crippen LogP contribution >= 0.6 is 0 Å². The highest BCUT2D eigenvalue weighted by Gasteiger charge is 2.30. The lowest BCUT2D eigenvalue weighted by atomic mass is 10.0. The molecule has 30 heavy (non-hydrogen) atoms. The van der Waals surface area contributed by atoms with Crippen LogP contribution < -0.4 is 14.2 Å². The molecule has 4 heteroatoms. The van der Waals surface area contributed by atoms with Crippen LogP contribution in [-0.4, -0.2) is 12.9 Å². The van der Waals surface area contributed by atoms with Gasteiger partial charge in [-0.15, -0.1) is 0 Å². The van der Waals surface area contributed by atoms with E-state index >= 15 is 0 Å². The van der Waals surface area contributed by atoms with E-state index in [9.17, 15) is 4.79 Å². The standard InChI is InChI=1S/C26H24O4/c1-16-9-10-17(2)20(11-16)15-29-21-12-18(3)25-23(14-21)30-24(26(25)27)13-19-7-5-6-8-22(19)28-4/h5-14H,15H2,1-4H3/b24-13-. The predicted octanol–water partition coefficient (Wildman–Crippen LogP) is 5.82. The van der Waals surface area contributed by atoms with E-state index in [2.05, 4.69) is 32.0 Å². The van der Waals surface area contributed by atoms with Crippen LogP contribution in [0.15, 0.2) is 60.4 Å². The van der Waals surface area contributed by atoms with Crippen LogP contribution in [-0.2, 0) is 6.61 Å². The molecular weight excluding hydrogens is 376 g/mol. The highest BCUT2D eigenvalue weighted by molar-refractivity contribution is 6.15. The molecule has 4 rings (SSSR count). The molecule has 1 heterocycles. The minimum Gasteiger partial charge on any atom is -0.496 e. The zero-order chi connectivity index (χ0) is 21.3. The highest BCUT2D eigenvalue weighted by Crippen LogP contribution is 2.38. The summed E-state index contributed by atoms with van der Waals surface area (Å²) in [6.07, 6.45) is 1.72. The van der Waals surface area contributed by atoms with Crippen molar-refractivity contribution < 1.29 is 19.0 Å². The van der Waals surface area contributed by atoms with Gasteiger partial charge in [0, 0.05) is 11.6 Å². The molecule has 152 valence electrons. The Morgan fingerprint density at radius 3 is 2.57 bits per heavy atom. The van der Waals surface area contributed by atoms with Gasteiger partial charge in [0.05, 0.1) is 12.7 Å². The lowest BCUT2D eigenvalue weighted by Crippen LogP contribution is -2.01. The summed E-state index contributed by atoms with van der Waals surface area (Å²) in [4.78, 5) is 12.9. The van der Waals surface area contributed by atoms with E-state index in [1.807, 2.05) is 37.3 Å². The van der Waals surface area contributed by atoms with Crippen LogP contribution in [0.25, 0.3) is 6.08 Å². The second kappa shape index (κ2) is 8.07. The molecule has 4 nitrogen and oxygen atoms in total. The van der Waals surface area contributed by atoms with Crippen LogP contribution in [0.1, 0.15) is 38.2 Å². The number of rotatable bonds is 5. The summed E-state index contributed by atoms with van der Waals surface area (Å²) in [6.45, 7) is 6.50. The number of allylic oxidation sites excluding steroid dienone is 1. The van der Waals surface area contributed by atoms with Crippen LogP contribution in [0.4, 0.5) is 0 Å². The molecule has 0 fully saturated rings. The molecule has 0 spiro atoms. The first-order valence-electron chi connectivity index (χ1n) is 9.87. The number of ether oxygens (including phenoxy) is 3. The molecule has 3 aromatic carbocycles. The Balaban J connectivity index is 1.59. The molecule has 0 saturated heterocycles. The lowest BCUT2D eigenvalue weighted by molar-refractivity contribution is 0.101. The summed E-state index contributed by atoms with van der Waals surface area (Å²) in [5.41, 5.74) is 5.73. The SMILES string of the molecule is COc1ccccc1/C=C1\Oc2cc(OCc3cc(C)ccc3C)cc(C)c2C1=O. The Hall–Kier alpha value is -3.53. The largest absolute Gasteiger partial charge is 0.496 e. The van der Waals surface area contributed by atoms with E-state index in [0.717, 1.165) is 16.7 Å². The number of aryl methyl sites for hydroxylation is 3. The summed E-state index contributed by atoms with van der Waals surface area (Å²) in [5.74, 6) is 2.04. The van der Waals surface area contributed by atoms with Gasteiger partial charge in [0.15, 0.2) is 5.76 Å². The van der Waals surface area contributed by atoms with Crippen LogP contribution in [0.5, 0.6) is 17.2 Å². The van der Waals surface area contributed by atoms with E-state index in [4.69, 9.17) is 14.2 Å². The quantitative estimate of drug-likeness (QED) is 0.507. The first-order valence-corrected chi connectivity index (χ1v) is 9.87. The average molecular weight is 400 g/mol. The van der Waals surface area contributed by atoms with Crippen LogP contribution in [0.3, 0.4) is 0 Å². The number of para-hydroxylation sites is 1. The van der Waals surface area contributed by atoms with Crippen molar-refractivity contribution in [2.75, 3.05) is 7.11 Å². The fraction of sp³-hybridized carbons (Fsp3) is 0.192. The number of hydrogen-bond donors (Lipinski definition) is 0. The molecule has 0 N–H and O–H groups in total. The Kier molecular flexibility index (Phi) is 5.32. The Bertz CT molecular complexity index is 1160. The Morgan fingerprint density at radius 1 is 0.967 bits per heavy atom. The first kappa shape index (κ1) is 19.8. The van der Waals surface area contributed by atoms with Crippen molar-refractivity contribution in [3.05, 3.63) is 93.7 Å². The summed E-state index contributed by atoms with van der Waals surface area (Å²) >= 11 is 0. The number of carbonyl (C=O) groups is 1. The van der Waals surface area contributed by atoms with Crippen molar-refractivity contribution in [2.24, 2.45) is 0 Å². The zero-order valence-corrected chi connectivity index (χ0v) is 17.6. The normalized spacial score (nSPS) is 13.9. The summed E-state index contributed by atoms with van der Waals surface area (Å²) in [6, 6.07) is 17.5. The maximum atomic E-state index is 12.9. The van der Waals surface area contributed by atoms with Crippen molar-refractivity contribution in [1.82, 2.24) is 0 Å². The van der Waals surface area contributed by atoms with Gasteiger partial charge in [-0.25, -0.2) is 0 Å². The van der Waals surface area contributed by atoms with E-state index < -0.39 is 0 Å². The van der Waals surface area contributed by atoms with Gasteiger partial charge in [0.1, 0.15) is 23.9 Å². The number of hydrogen-bond acceptors (Lipinski definition) is 4. The monoisotopic (exact) mass is 400 g/mol. The number of fused-ring (bicyclic) bond motifs is 1. The molecule has 0 bridgehead atoms. The third-order valence-electron chi connectivity index (χ3n) is 5.27. The van der Waals surface area contributed by atoms with Gasteiger partial charge in [-0.3, -0.25) is 4.79 Å². The summed E-state index contributed by atoms with van der Waals surface area (Å²) in [7, 11) is 1.60. The van der Waals surface area contributed by atoms with Gasteiger partial charge in [0.25, 0.3) is 0 Å². The molecule has 0 atom stereocenters. The fourth-order valence-electron chi connectivity index (χ4n) is 3.60. The molecule has 0 unspecified atom stereocenters. The molecule has 0 radical (unpaired) electrons. The van der Waals surface area contributed by atoms with Crippen molar-refractivity contribution in [3.63, 3.8) is 0 Å². The second-order valence-electron chi connectivity index (χ2n) is 7.51. The van der Waals surface area contributed by atoms with Crippen molar-refractivity contribution >= 4 is 11.9 Å². The third-order valence-corrected chi connectivity index (χ3v) is 5.27. The van der Waals surface area contributed by atoms with Gasteiger partial charge in [0.2, 0.25) is 5.78 Å². The Labute approximate surface area is 176 Å². The average Bonchev–Trinajstić information content (AvgIpc) is 3.04. The second-order valence-corrected chi connectivity index (χ2v) is 7.51. The van der Waals surface area contributed by atoms with Crippen molar-refractivity contribution in [1.29, 1.82) is 0 Å². The summed E-state index contributed by atoms with van der Waals surface area (Å²) < 4.78 is 17.3. The Morgan fingerprint density at radius 2 is 1.77 bits per heavy atom. The molecular formula is C26H24O4. The van der Waals surface area contributed by atoms with Gasteiger partial charge in [-0.1, -0.05) is 42.0 Å². The van der Waals surface area contributed by atoms with E-state index in [0.29, 0.717) is 29.4 Å². The van der Waals surface area contributed by atoms with E-state index in [-0.39, 0.29) is 11.5 Å². The molecule has 0 saturated carbocycles. The minimum atomic E-state index is -0.130. The highest BCUT2D eigenvalue weighted by atomic mass is 16.5. The minimum absolute atomic E-state index is 0.130. The van der Waals surface area contributed by atoms with Crippen molar-refractivity contribution in [3.8, 4) is 17.2 Å². The van der Waals surface area contributed by atoms with Gasteiger partial charge in [-0.05, 0) is 55.7 Å². The van der Waals surface area contributed by atoms with E-state index in [1.54, 1.807) is 19.3 Å². The topological polar surface area (TPSA) is 44.8 Å². The number of methoxy groups -OCH3 is 1. The maximum absolute atomic E-state index is 12.9. The first-order chi connectivity index (χ1) is 14.5. The van der Waals surface area contributed by atoms with E-state index in [1.165, 1.54) is 11.1 Å². The maximum Gasteiger partial charge on any atom is 0.232 e. The molecule has 3 aromatic rings. The zero-order valence-electron chi connectivity index (χ0n) is 17.6. The van der Waals surface area contributed by atoms with Crippen molar-refractivity contribution in [2.45, 2.75) is 27.4 Å². The fourth-order valence-corrected chi connectivity index (χ4v) is 3.60. The predicted molar refractivity (Wildman–Crippen MR) is 117 cm³/mol. The third kappa shape index (κ3) is 3.81. The number of benzene rings is 3. The molecule has 1 aliphatic heterocycles. The van der Waals surface area contributed by atoms with Crippen LogP contribution in [0.2, 0.25) is 0 Å². The van der Waals surface area contributed by atoms with Gasteiger partial charge in [-0.2, -0.15) is 0 Å². The molecule has 0 amide bonds. The summed E-state index contributed by atoms with van der Waals surface area (Å²) in [5, 5.41) is 0. The number of carbonyl (C=O) groups excluding carboxylic acids is 1. The molecule has 0 aliphatic carbocycles. The molecule has 0 aromatic heterocycles. The number of ketones is 1. The number of Topliss-reactive ketones (excluding diaryl/α,β-unsaturated/α-hetero) is 1. The van der Waals surface area contributed by atoms with Crippen LogP contribution in [0, 0.1) is 20.8 Å². The van der Waals surface area contributed by atoms with Gasteiger partial charge >= 0.3 is 0 Å². The molecule has 1 aliphatic rings. The lowest BCUT2D eigenvalue weighted by Gasteiger charge is -2.11.